The van der Waals surface area contributed by atoms with E-state index in [-0.39, 0.29) is 5.91 Å². The van der Waals surface area contributed by atoms with Crippen molar-refractivity contribution in [1.29, 1.82) is 0 Å². The molecular weight excluding hydrogens is 274 g/mol. The van der Waals surface area contributed by atoms with E-state index in [4.69, 9.17) is 16.7 Å². The number of rotatable bonds is 10. The molecule has 118 valence electrons. The van der Waals surface area contributed by atoms with Gasteiger partial charge in [0.1, 0.15) is 6.61 Å². The van der Waals surface area contributed by atoms with Crippen LogP contribution in [-0.4, -0.2) is 35.6 Å². The lowest BCUT2D eigenvalue weighted by Gasteiger charge is -2.28. The molecule has 1 N–H and O–H groups in total. The second kappa shape index (κ2) is 11.2. The molecule has 3 nitrogen and oxygen atoms in total. The molecule has 0 rings (SSSR count). The molecule has 0 aliphatic carbocycles. The summed E-state index contributed by atoms with van der Waals surface area (Å²) in [6.45, 7) is 9.41. The number of aliphatic hydroxyl groups excluding tert-OH is 1. The fourth-order valence-corrected chi connectivity index (χ4v) is 2.17. The lowest BCUT2D eigenvalue weighted by atomic mass is 9.92. The molecule has 0 spiro atoms. The van der Waals surface area contributed by atoms with Gasteiger partial charge in [-0.25, -0.2) is 0 Å². The van der Waals surface area contributed by atoms with Crippen LogP contribution in [0.15, 0.2) is 11.1 Å². The van der Waals surface area contributed by atoms with Gasteiger partial charge in [0.05, 0.1) is 0 Å². The maximum atomic E-state index is 11.8. The van der Waals surface area contributed by atoms with Crippen LogP contribution in [0.25, 0.3) is 0 Å². The van der Waals surface area contributed by atoms with E-state index in [1.165, 1.54) is 0 Å². The molecule has 0 bridgehead atoms. The Balaban J connectivity index is 4.39. The Bertz CT molecular complexity index is 301. The molecular formula is C16H30ClNO2. The van der Waals surface area contributed by atoms with Crippen LogP contribution >= 0.6 is 11.6 Å². The van der Waals surface area contributed by atoms with Gasteiger partial charge in [-0.1, -0.05) is 51.3 Å². The number of nitrogens with zero attached hydrogens (tertiary/aromatic N) is 1. The van der Waals surface area contributed by atoms with Crippen molar-refractivity contribution in [2.75, 3.05) is 19.7 Å². The Kier molecular flexibility index (Phi) is 10.9. The highest BCUT2D eigenvalue weighted by atomic mass is 35.5. The summed E-state index contributed by atoms with van der Waals surface area (Å²) in [7, 11) is 0. The normalized spacial score (nSPS) is 15.0. The standard InChI is InChI=1S/C16H30ClNO2/c1-5-6-7-10-18(16(20)12-19)11-14(3)13(2)8-9-15(4)17/h9,13-14,19H,5-8,10-12H2,1-4H3/b15-9+. The average Bonchev–Trinajstić information content (AvgIpc) is 2.42. The Morgan fingerprint density at radius 1 is 1.30 bits per heavy atom. The molecule has 0 saturated carbocycles. The van der Waals surface area contributed by atoms with Crippen LogP contribution in [0.5, 0.6) is 0 Å². The lowest BCUT2D eigenvalue weighted by molar-refractivity contribution is -0.135. The van der Waals surface area contributed by atoms with Crippen molar-refractivity contribution in [3.05, 3.63) is 11.1 Å². The van der Waals surface area contributed by atoms with Crippen LogP contribution in [0.3, 0.4) is 0 Å². The summed E-state index contributed by atoms with van der Waals surface area (Å²) in [4.78, 5) is 13.6. The molecule has 1 amide bonds. The molecule has 2 atom stereocenters. The van der Waals surface area contributed by atoms with E-state index in [1.807, 2.05) is 13.0 Å². The van der Waals surface area contributed by atoms with Crippen molar-refractivity contribution in [3.8, 4) is 0 Å². The minimum Gasteiger partial charge on any atom is -0.387 e. The van der Waals surface area contributed by atoms with E-state index in [0.717, 1.165) is 37.3 Å². The van der Waals surface area contributed by atoms with Gasteiger partial charge in [0.2, 0.25) is 5.91 Å². The molecule has 2 unspecified atom stereocenters. The topological polar surface area (TPSA) is 40.5 Å². The van der Waals surface area contributed by atoms with Crippen LogP contribution in [0.2, 0.25) is 0 Å². The van der Waals surface area contributed by atoms with Crippen LogP contribution < -0.4 is 0 Å². The van der Waals surface area contributed by atoms with Crippen LogP contribution in [0, 0.1) is 11.8 Å². The smallest absolute Gasteiger partial charge is 0.248 e. The predicted octanol–water partition coefficient (Wildman–Crippen LogP) is 3.80. The number of hydrogen-bond donors (Lipinski definition) is 1. The zero-order valence-electron chi connectivity index (χ0n) is 13.4. The number of amides is 1. The third-order valence-corrected chi connectivity index (χ3v) is 3.92. The maximum absolute atomic E-state index is 11.8. The van der Waals surface area contributed by atoms with Gasteiger partial charge in [0, 0.05) is 18.1 Å². The highest BCUT2D eigenvalue weighted by Gasteiger charge is 2.19. The largest absolute Gasteiger partial charge is 0.387 e. The van der Waals surface area contributed by atoms with Crippen molar-refractivity contribution in [3.63, 3.8) is 0 Å². The second-order valence-corrected chi connectivity index (χ2v) is 6.28. The van der Waals surface area contributed by atoms with E-state index in [2.05, 4.69) is 20.8 Å². The summed E-state index contributed by atoms with van der Waals surface area (Å²) in [6, 6.07) is 0. The van der Waals surface area contributed by atoms with Gasteiger partial charge < -0.3 is 10.0 Å². The molecule has 0 aromatic carbocycles. The van der Waals surface area contributed by atoms with E-state index >= 15 is 0 Å². The Morgan fingerprint density at radius 2 is 1.95 bits per heavy atom. The second-order valence-electron chi connectivity index (χ2n) is 5.69. The molecule has 4 heteroatoms. The Hall–Kier alpha value is -0.540. The quantitative estimate of drug-likeness (QED) is 0.624. The van der Waals surface area contributed by atoms with Gasteiger partial charge in [-0.3, -0.25) is 4.79 Å². The molecule has 0 aromatic rings. The number of aliphatic hydroxyl groups is 1. The van der Waals surface area contributed by atoms with Gasteiger partial charge in [0.15, 0.2) is 0 Å². The summed E-state index contributed by atoms with van der Waals surface area (Å²) >= 11 is 5.85. The summed E-state index contributed by atoms with van der Waals surface area (Å²) in [6.07, 6.45) is 6.20. The average molecular weight is 304 g/mol. The highest BCUT2D eigenvalue weighted by Crippen LogP contribution is 2.19. The SMILES string of the molecule is CCCCCN(CC(C)C(C)C/C=C(\C)Cl)C(=O)CO. The van der Waals surface area contributed by atoms with Crippen LogP contribution in [0.4, 0.5) is 0 Å². The van der Waals surface area contributed by atoms with Gasteiger partial charge in [0.25, 0.3) is 0 Å². The molecule has 0 radical (unpaired) electrons. The van der Waals surface area contributed by atoms with Crippen LogP contribution in [-0.2, 0) is 4.79 Å². The monoisotopic (exact) mass is 303 g/mol. The number of halogens is 1. The molecule has 0 saturated heterocycles. The van der Waals surface area contributed by atoms with Gasteiger partial charge >= 0.3 is 0 Å². The minimum atomic E-state index is -0.395. The molecule has 20 heavy (non-hydrogen) atoms. The number of allylic oxidation sites excluding steroid dienone is 2. The zero-order chi connectivity index (χ0) is 15.5. The molecule has 0 aliphatic heterocycles. The fraction of sp³-hybridized carbons (Fsp3) is 0.812. The summed E-state index contributed by atoms with van der Waals surface area (Å²) in [5.74, 6) is 0.687. The van der Waals surface area contributed by atoms with Gasteiger partial charge in [-0.2, -0.15) is 0 Å². The third-order valence-electron chi connectivity index (χ3n) is 3.77. The first-order chi connectivity index (χ1) is 9.42. The van der Waals surface area contributed by atoms with Gasteiger partial charge in [-0.05, 0) is 31.6 Å². The molecule has 0 heterocycles. The van der Waals surface area contributed by atoms with E-state index in [0.29, 0.717) is 18.4 Å². The first-order valence-electron chi connectivity index (χ1n) is 7.63. The molecule has 0 aliphatic rings. The first kappa shape index (κ1) is 19.5. The van der Waals surface area contributed by atoms with Gasteiger partial charge in [-0.15, -0.1) is 0 Å². The van der Waals surface area contributed by atoms with Crippen molar-refractivity contribution >= 4 is 17.5 Å². The third kappa shape index (κ3) is 8.60. The Labute approximate surface area is 129 Å². The summed E-state index contributed by atoms with van der Waals surface area (Å²) in [5.41, 5.74) is 0. The highest BCUT2D eigenvalue weighted by molar-refractivity contribution is 6.29. The number of carbonyl (C=O) groups is 1. The van der Waals surface area contributed by atoms with E-state index < -0.39 is 6.61 Å². The molecule has 0 aromatic heterocycles. The number of unbranched alkanes of at least 4 members (excludes halogenated alkanes) is 2. The van der Waals surface area contributed by atoms with Crippen molar-refractivity contribution in [2.45, 2.75) is 53.4 Å². The maximum Gasteiger partial charge on any atom is 0.248 e. The first-order valence-corrected chi connectivity index (χ1v) is 8.01. The molecule has 0 fully saturated rings. The summed E-state index contributed by atoms with van der Waals surface area (Å²) in [5, 5.41) is 9.89. The van der Waals surface area contributed by atoms with Crippen LogP contribution in [0.1, 0.15) is 53.4 Å². The van der Waals surface area contributed by atoms with Crippen molar-refractivity contribution in [1.82, 2.24) is 4.90 Å². The lowest BCUT2D eigenvalue weighted by Crippen LogP contribution is -2.38. The predicted molar refractivity (Wildman–Crippen MR) is 85.7 cm³/mol. The number of hydrogen-bond acceptors (Lipinski definition) is 2. The Morgan fingerprint density at radius 3 is 2.45 bits per heavy atom. The van der Waals surface area contributed by atoms with E-state index in [1.54, 1.807) is 4.90 Å². The van der Waals surface area contributed by atoms with Crippen molar-refractivity contribution in [2.24, 2.45) is 11.8 Å². The minimum absolute atomic E-state index is 0.163. The summed E-state index contributed by atoms with van der Waals surface area (Å²) < 4.78 is 0. The van der Waals surface area contributed by atoms with E-state index in [9.17, 15) is 4.79 Å². The fourth-order valence-electron chi connectivity index (χ4n) is 2.08. The number of carbonyl (C=O) groups excluding carboxylic acids is 1. The van der Waals surface area contributed by atoms with Crippen molar-refractivity contribution < 1.29 is 9.90 Å². The zero-order valence-corrected chi connectivity index (χ0v) is 14.1.